The Bertz CT molecular complexity index is 280. The summed E-state index contributed by atoms with van der Waals surface area (Å²) in [7, 11) is 0. The highest BCUT2D eigenvalue weighted by molar-refractivity contribution is 5.77. The minimum atomic E-state index is -0.121. The molecular weight excluding hydrogens is 258 g/mol. The molecule has 0 radical (unpaired) electrons. The average Bonchev–Trinajstić information content (AvgIpc) is 2.32. The van der Waals surface area contributed by atoms with E-state index in [1.807, 2.05) is 0 Å². The monoisotopic (exact) mass is 297 g/mol. The Balaban J connectivity index is 4.44. The first-order chi connectivity index (χ1) is 9.72. The second-order valence-electron chi connectivity index (χ2n) is 8.05. The molecule has 0 bridgehead atoms. The third-order valence-corrected chi connectivity index (χ3v) is 4.12. The zero-order valence-corrected chi connectivity index (χ0v) is 15.5. The lowest BCUT2D eigenvalue weighted by atomic mass is 9.76. The van der Waals surface area contributed by atoms with Gasteiger partial charge in [0.25, 0.3) is 0 Å². The molecule has 0 aromatic heterocycles. The zero-order valence-electron chi connectivity index (χ0n) is 15.5. The Morgan fingerprint density at radius 2 is 1.29 bits per heavy atom. The van der Waals surface area contributed by atoms with Crippen LogP contribution >= 0.6 is 0 Å². The van der Waals surface area contributed by atoms with E-state index in [2.05, 4.69) is 46.9 Å². The summed E-state index contributed by atoms with van der Waals surface area (Å²) in [5, 5.41) is 3.13. The molecule has 1 unspecified atom stereocenters. The molecule has 0 saturated carbocycles. The molecule has 0 rings (SSSR count). The molecule has 2 heteroatoms. The average molecular weight is 298 g/mol. The molecule has 2 nitrogen and oxygen atoms in total. The van der Waals surface area contributed by atoms with Crippen LogP contribution in [0.25, 0.3) is 0 Å². The van der Waals surface area contributed by atoms with Crippen LogP contribution < -0.4 is 5.32 Å². The molecule has 0 spiro atoms. The number of amides is 1. The van der Waals surface area contributed by atoms with Crippen LogP contribution in [0.2, 0.25) is 0 Å². The Morgan fingerprint density at radius 3 is 1.76 bits per heavy atom. The molecule has 1 N–H and O–H groups in total. The third-order valence-electron chi connectivity index (χ3n) is 4.12. The molecule has 0 aliphatic carbocycles. The van der Waals surface area contributed by atoms with Gasteiger partial charge in [0.05, 0.1) is 0 Å². The highest BCUT2D eigenvalue weighted by Gasteiger charge is 2.28. The lowest BCUT2D eigenvalue weighted by Crippen LogP contribution is -2.42. The lowest BCUT2D eigenvalue weighted by molar-refractivity contribution is -0.124. The Labute approximate surface area is 133 Å². The number of unbranched alkanes of at least 4 members (excludes halogenated alkanes) is 5. The van der Waals surface area contributed by atoms with Crippen LogP contribution in [0.3, 0.4) is 0 Å². The number of rotatable bonds is 11. The maximum atomic E-state index is 12.3. The minimum Gasteiger partial charge on any atom is -0.351 e. The summed E-state index contributed by atoms with van der Waals surface area (Å²) >= 11 is 0. The van der Waals surface area contributed by atoms with Crippen LogP contribution in [-0.2, 0) is 4.79 Å². The third kappa shape index (κ3) is 11.8. The van der Waals surface area contributed by atoms with Gasteiger partial charge in [-0.05, 0) is 39.0 Å². The standard InChI is InChI=1S/C19H39NO/c1-7-9-11-13-15-19(6,14-12-10-8-2)16-17(21)20-18(3,4)5/h7-16H2,1-6H3,(H,20,21). The first kappa shape index (κ1) is 20.5. The first-order valence-electron chi connectivity index (χ1n) is 9.03. The Morgan fingerprint density at radius 1 is 0.810 bits per heavy atom. The van der Waals surface area contributed by atoms with Crippen molar-refractivity contribution in [3.8, 4) is 0 Å². The largest absolute Gasteiger partial charge is 0.351 e. The number of carbonyl (C=O) groups is 1. The number of hydrogen-bond acceptors (Lipinski definition) is 1. The summed E-state index contributed by atoms with van der Waals surface area (Å²) < 4.78 is 0. The van der Waals surface area contributed by atoms with Crippen molar-refractivity contribution in [2.45, 2.75) is 111 Å². The molecule has 0 fully saturated rings. The fourth-order valence-corrected chi connectivity index (χ4v) is 2.93. The summed E-state index contributed by atoms with van der Waals surface area (Å²) in [6.07, 6.45) is 12.0. The molecule has 0 aromatic carbocycles. The van der Waals surface area contributed by atoms with Gasteiger partial charge in [0.2, 0.25) is 5.91 Å². The van der Waals surface area contributed by atoms with Crippen molar-refractivity contribution in [1.29, 1.82) is 0 Å². The summed E-state index contributed by atoms with van der Waals surface area (Å²) in [5.41, 5.74) is 0.0574. The van der Waals surface area contributed by atoms with Gasteiger partial charge in [0.15, 0.2) is 0 Å². The van der Waals surface area contributed by atoms with Crippen LogP contribution in [0, 0.1) is 5.41 Å². The van der Waals surface area contributed by atoms with Gasteiger partial charge in [-0.2, -0.15) is 0 Å². The second-order valence-corrected chi connectivity index (χ2v) is 8.05. The van der Waals surface area contributed by atoms with Crippen LogP contribution in [0.15, 0.2) is 0 Å². The van der Waals surface area contributed by atoms with Gasteiger partial charge in [-0.1, -0.05) is 65.7 Å². The Hall–Kier alpha value is -0.530. The van der Waals surface area contributed by atoms with Crippen molar-refractivity contribution < 1.29 is 4.79 Å². The van der Waals surface area contributed by atoms with Crippen molar-refractivity contribution in [1.82, 2.24) is 5.32 Å². The van der Waals surface area contributed by atoms with Crippen molar-refractivity contribution in [3.05, 3.63) is 0 Å². The van der Waals surface area contributed by atoms with E-state index >= 15 is 0 Å². The van der Waals surface area contributed by atoms with Crippen molar-refractivity contribution >= 4 is 5.91 Å². The predicted molar refractivity (Wildman–Crippen MR) is 93.5 cm³/mol. The molecule has 1 atom stereocenters. The molecule has 0 aromatic rings. The molecule has 0 aliphatic rings. The molecule has 0 aliphatic heterocycles. The smallest absolute Gasteiger partial charge is 0.220 e. The van der Waals surface area contributed by atoms with E-state index in [0.29, 0.717) is 6.42 Å². The van der Waals surface area contributed by atoms with Crippen LogP contribution in [0.5, 0.6) is 0 Å². The van der Waals surface area contributed by atoms with E-state index < -0.39 is 0 Å². The summed E-state index contributed by atoms with van der Waals surface area (Å²) in [6, 6.07) is 0. The first-order valence-corrected chi connectivity index (χ1v) is 9.03. The molecular formula is C19H39NO. The van der Waals surface area contributed by atoms with E-state index in [0.717, 1.165) is 0 Å². The van der Waals surface area contributed by atoms with E-state index in [9.17, 15) is 4.79 Å². The fraction of sp³-hybridized carbons (Fsp3) is 0.947. The van der Waals surface area contributed by atoms with E-state index in [-0.39, 0.29) is 16.9 Å². The number of hydrogen-bond donors (Lipinski definition) is 1. The molecule has 21 heavy (non-hydrogen) atoms. The van der Waals surface area contributed by atoms with Crippen LogP contribution in [0.1, 0.15) is 106 Å². The van der Waals surface area contributed by atoms with Gasteiger partial charge >= 0.3 is 0 Å². The fourth-order valence-electron chi connectivity index (χ4n) is 2.93. The molecule has 126 valence electrons. The normalized spacial score (nSPS) is 14.8. The van der Waals surface area contributed by atoms with Gasteiger partial charge in [-0.3, -0.25) is 4.79 Å². The van der Waals surface area contributed by atoms with E-state index in [1.165, 1.54) is 57.8 Å². The van der Waals surface area contributed by atoms with Gasteiger partial charge in [-0.25, -0.2) is 0 Å². The summed E-state index contributed by atoms with van der Waals surface area (Å²) in [6.45, 7) is 13.0. The number of carbonyl (C=O) groups excluding carboxylic acids is 1. The van der Waals surface area contributed by atoms with Crippen molar-refractivity contribution in [2.75, 3.05) is 0 Å². The topological polar surface area (TPSA) is 29.1 Å². The van der Waals surface area contributed by atoms with Crippen molar-refractivity contribution in [2.24, 2.45) is 5.41 Å². The van der Waals surface area contributed by atoms with Gasteiger partial charge in [0.1, 0.15) is 0 Å². The van der Waals surface area contributed by atoms with Crippen LogP contribution in [0.4, 0.5) is 0 Å². The minimum absolute atomic E-state index is 0.121. The molecule has 1 amide bonds. The molecule has 0 heterocycles. The van der Waals surface area contributed by atoms with Gasteiger partial charge in [0, 0.05) is 12.0 Å². The molecule has 0 saturated heterocycles. The van der Waals surface area contributed by atoms with Crippen molar-refractivity contribution in [3.63, 3.8) is 0 Å². The quantitative estimate of drug-likeness (QED) is 0.476. The summed E-state index contributed by atoms with van der Waals surface area (Å²) in [5.74, 6) is 0.219. The maximum absolute atomic E-state index is 12.3. The summed E-state index contributed by atoms with van der Waals surface area (Å²) in [4.78, 5) is 12.3. The lowest BCUT2D eigenvalue weighted by Gasteiger charge is -2.31. The van der Waals surface area contributed by atoms with Gasteiger partial charge in [-0.15, -0.1) is 0 Å². The predicted octanol–water partition coefficient (Wildman–Crippen LogP) is 5.85. The number of nitrogens with one attached hydrogen (secondary N) is 1. The van der Waals surface area contributed by atoms with E-state index in [1.54, 1.807) is 0 Å². The SMILES string of the molecule is CCCCCCC(C)(CCCCC)CC(=O)NC(C)(C)C. The van der Waals surface area contributed by atoms with Crippen LogP contribution in [-0.4, -0.2) is 11.4 Å². The zero-order chi connectivity index (χ0) is 16.4. The van der Waals surface area contributed by atoms with Gasteiger partial charge < -0.3 is 5.32 Å². The highest BCUT2D eigenvalue weighted by atomic mass is 16.1. The second kappa shape index (κ2) is 10.2. The maximum Gasteiger partial charge on any atom is 0.220 e. The highest BCUT2D eigenvalue weighted by Crippen LogP contribution is 2.35. The Kier molecular flexibility index (Phi) is 9.98. The van der Waals surface area contributed by atoms with E-state index in [4.69, 9.17) is 0 Å².